The van der Waals surface area contributed by atoms with E-state index < -0.39 is 29.4 Å². The van der Waals surface area contributed by atoms with Gasteiger partial charge in [-0.1, -0.05) is 0 Å². The molecule has 0 radical (unpaired) electrons. The van der Waals surface area contributed by atoms with Crippen LogP contribution < -0.4 is 5.32 Å². The van der Waals surface area contributed by atoms with Gasteiger partial charge >= 0.3 is 6.18 Å². The molecule has 1 N–H and O–H groups in total. The Balaban J connectivity index is 1.76. The van der Waals surface area contributed by atoms with E-state index in [1.807, 2.05) is 0 Å². The number of fused-ring (bicyclic) bond motifs is 1. The first-order valence-corrected chi connectivity index (χ1v) is 8.57. The van der Waals surface area contributed by atoms with E-state index in [1.165, 1.54) is 0 Å². The second-order valence-corrected chi connectivity index (χ2v) is 6.71. The van der Waals surface area contributed by atoms with Gasteiger partial charge in [0.05, 0.1) is 18.3 Å². The van der Waals surface area contributed by atoms with Crippen LogP contribution in [0.5, 0.6) is 0 Å². The van der Waals surface area contributed by atoms with E-state index in [1.54, 1.807) is 25.6 Å². The van der Waals surface area contributed by atoms with E-state index in [9.17, 15) is 18.0 Å². The van der Waals surface area contributed by atoms with Gasteiger partial charge in [-0.3, -0.25) is 9.48 Å². The molecule has 3 rings (SSSR count). The molecule has 148 valence electrons. The summed E-state index contributed by atoms with van der Waals surface area (Å²) in [5.74, 6) is 0.521. The van der Waals surface area contributed by atoms with Gasteiger partial charge in [0.2, 0.25) is 0 Å². The van der Waals surface area contributed by atoms with Gasteiger partial charge in [-0.15, -0.1) is 0 Å². The molecule has 2 aromatic rings. The van der Waals surface area contributed by atoms with Crippen LogP contribution in [-0.4, -0.2) is 43.6 Å². The van der Waals surface area contributed by atoms with Gasteiger partial charge in [0.25, 0.3) is 5.91 Å². The molecule has 0 fully saturated rings. The maximum absolute atomic E-state index is 13.4. The minimum atomic E-state index is -4.67. The number of hydrogen-bond donors (Lipinski definition) is 1. The smallest absolute Gasteiger partial charge is 0.377 e. The van der Waals surface area contributed by atoms with E-state index in [0.29, 0.717) is 25.2 Å². The van der Waals surface area contributed by atoms with Crippen molar-refractivity contribution in [2.45, 2.75) is 58.1 Å². The highest BCUT2D eigenvalue weighted by Crippen LogP contribution is 2.33. The normalized spacial score (nSPS) is 17.2. The summed E-state index contributed by atoms with van der Waals surface area (Å²) in [5, 5.41) is 10.7. The molecular weight excluding hydrogens is 365 g/mol. The Kier molecular flexibility index (Phi) is 5.22. The van der Waals surface area contributed by atoms with Gasteiger partial charge in [0.1, 0.15) is 12.4 Å². The second-order valence-electron chi connectivity index (χ2n) is 6.71. The lowest BCUT2D eigenvalue weighted by molar-refractivity contribution is -0.145. The minimum absolute atomic E-state index is 0.278. The number of nitrogens with zero attached hydrogens (tertiary/aromatic N) is 5. The third-order valence-corrected chi connectivity index (χ3v) is 4.31. The minimum Gasteiger partial charge on any atom is -0.377 e. The Morgan fingerprint density at radius 2 is 2.19 bits per heavy atom. The van der Waals surface area contributed by atoms with Gasteiger partial charge < -0.3 is 10.1 Å². The highest BCUT2D eigenvalue weighted by molar-refractivity contribution is 5.95. The van der Waals surface area contributed by atoms with Crippen LogP contribution in [0.4, 0.5) is 13.2 Å². The number of amides is 1. The number of ether oxygens (including phenoxy) is 1. The average molecular weight is 386 g/mol. The van der Waals surface area contributed by atoms with Crippen molar-refractivity contribution in [1.29, 1.82) is 0 Å². The van der Waals surface area contributed by atoms with Gasteiger partial charge in [-0.2, -0.15) is 23.4 Å². The molecular formula is C16H21F3N6O2. The van der Waals surface area contributed by atoms with Gasteiger partial charge in [-0.25, -0.2) is 9.67 Å². The molecule has 8 nitrogen and oxygen atoms in total. The SMILES string of the molecule is COCc1nc2n(n1)CC(NC(=O)c1cnn(C(C)C)c1C(F)(F)F)CC2. The molecule has 0 spiro atoms. The van der Waals surface area contributed by atoms with Crippen molar-refractivity contribution < 1.29 is 22.7 Å². The molecule has 1 aliphatic rings. The second kappa shape index (κ2) is 7.29. The summed E-state index contributed by atoms with van der Waals surface area (Å²) in [7, 11) is 1.54. The molecule has 0 saturated carbocycles. The molecule has 0 aromatic carbocycles. The molecule has 1 unspecified atom stereocenters. The topological polar surface area (TPSA) is 86.9 Å². The largest absolute Gasteiger partial charge is 0.433 e. The van der Waals surface area contributed by atoms with Crippen LogP contribution in [-0.2, 0) is 30.5 Å². The van der Waals surface area contributed by atoms with Crippen LogP contribution in [0.3, 0.4) is 0 Å². The highest BCUT2D eigenvalue weighted by atomic mass is 19.4. The fourth-order valence-electron chi connectivity index (χ4n) is 3.13. The number of rotatable bonds is 5. The van der Waals surface area contributed by atoms with Crippen LogP contribution in [0.25, 0.3) is 0 Å². The number of methoxy groups -OCH3 is 1. The first kappa shape index (κ1) is 19.3. The summed E-state index contributed by atoms with van der Waals surface area (Å²) in [4.78, 5) is 16.8. The van der Waals surface area contributed by atoms with Gasteiger partial charge in [0.15, 0.2) is 11.5 Å². The van der Waals surface area contributed by atoms with Crippen molar-refractivity contribution in [3.63, 3.8) is 0 Å². The zero-order valence-electron chi connectivity index (χ0n) is 15.2. The molecule has 1 amide bonds. The summed E-state index contributed by atoms with van der Waals surface area (Å²) < 4.78 is 47.8. The molecule has 1 aliphatic heterocycles. The molecule has 0 aliphatic carbocycles. The molecule has 0 saturated heterocycles. The van der Waals surface area contributed by atoms with Crippen LogP contribution in [0.1, 0.15) is 54.0 Å². The number of hydrogen-bond acceptors (Lipinski definition) is 5. The number of carbonyl (C=O) groups excluding carboxylic acids is 1. The van der Waals surface area contributed by atoms with Crippen molar-refractivity contribution in [2.24, 2.45) is 0 Å². The van der Waals surface area contributed by atoms with Crippen molar-refractivity contribution in [1.82, 2.24) is 29.9 Å². The standard InChI is InChI=1S/C16H21F3N6O2/c1-9(2)25-14(16(17,18)19)11(6-20-25)15(26)21-10-4-5-13-22-12(8-27-3)23-24(13)7-10/h6,9-10H,4-5,7-8H2,1-3H3,(H,21,26). The van der Waals surface area contributed by atoms with Crippen LogP contribution in [0.2, 0.25) is 0 Å². The monoisotopic (exact) mass is 386 g/mol. The van der Waals surface area contributed by atoms with Crippen LogP contribution in [0, 0.1) is 0 Å². The lowest BCUT2D eigenvalue weighted by atomic mass is 10.1. The highest BCUT2D eigenvalue weighted by Gasteiger charge is 2.41. The van der Waals surface area contributed by atoms with E-state index in [0.717, 1.165) is 16.7 Å². The number of aromatic nitrogens is 5. The third-order valence-electron chi connectivity index (χ3n) is 4.31. The number of nitrogens with one attached hydrogen (secondary N) is 1. The average Bonchev–Trinajstić information content (AvgIpc) is 3.17. The Bertz CT molecular complexity index is 827. The predicted octanol–water partition coefficient (Wildman–Crippen LogP) is 1.97. The quantitative estimate of drug-likeness (QED) is 0.849. The van der Waals surface area contributed by atoms with Crippen molar-refractivity contribution in [3.8, 4) is 0 Å². The maximum atomic E-state index is 13.4. The molecule has 0 bridgehead atoms. The lowest BCUT2D eigenvalue weighted by Crippen LogP contribution is -2.41. The Hall–Kier alpha value is -2.43. The van der Waals surface area contributed by atoms with E-state index >= 15 is 0 Å². The summed E-state index contributed by atoms with van der Waals surface area (Å²) in [5.41, 5.74) is -1.50. The van der Waals surface area contributed by atoms with Crippen LogP contribution >= 0.6 is 0 Å². The van der Waals surface area contributed by atoms with Crippen molar-refractivity contribution in [3.05, 3.63) is 29.1 Å². The summed E-state index contributed by atoms with van der Waals surface area (Å²) in [6, 6.07) is -0.861. The van der Waals surface area contributed by atoms with Crippen molar-refractivity contribution in [2.75, 3.05) is 7.11 Å². The Labute approximate surface area is 153 Å². The molecule has 1 atom stereocenters. The maximum Gasteiger partial charge on any atom is 0.433 e. The van der Waals surface area contributed by atoms with Crippen LogP contribution in [0.15, 0.2) is 6.20 Å². The number of alkyl halides is 3. The van der Waals surface area contributed by atoms with Crippen molar-refractivity contribution >= 4 is 5.91 Å². The van der Waals surface area contributed by atoms with E-state index in [4.69, 9.17) is 4.74 Å². The summed E-state index contributed by atoms with van der Waals surface area (Å²) in [6.45, 7) is 3.78. The van der Waals surface area contributed by atoms with Gasteiger partial charge in [-0.05, 0) is 20.3 Å². The number of carbonyl (C=O) groups is 1. The predicted molar refractivity (Wildman–Crippen MR) is 87.9 cm³/mol. The fourth-order valence-corrected chi connectivity index (χ4v) is 3.13. The van der Waals surface area contributed by atoms with E-state index in [2.05, 4.69) is 20.5 Å². The zero-order valence-corrected chi connectivity index (χ0v) is 15.2. The lowest BCUT2D eigenvalue weighted by Gasteiger charge is -2.23. The third kappa shape index (κ3) is 3.97. The first-order chi connectivity index (χ1) is 12.7. The Morgan fingerprint density at radius 3 is 2.81 bits per heavy atom. The zero-order chi connectivity index (χ0) is 19.8. The molecule has 11 heteroatoms. The Morgan fingerprint density at radius 1 is 1.44 bits per heavy atom. The van der Waals surface area contributed by atoms with Gasteiger partial charge in [0, 0.05) is 25.6 Å². The fraction of sp³-hybridized carbons (Fsp3) is 0.625. The molecule has 2 aromatic heterocycles. The number of halogens is 3. The summed E-state index contributed by atoms with van der Waals surface area (Å²) >= 11 is 0. The molecule has 3 heterocycles. The summed E-state index contributed by atoms with van der Waals surface area (Å²) in [6.07, 6.45) is -2.57. The van der Waals surface area contributed by atoms with E-state index in [-0.39, 0.29) is 12.6 Å². The number of aryl methyl sites for hydroxylation is 1. The molecule has 27 heavy (non-hydrogen) atoms. The first-order valence-electron chi connectivity index (χ1n) is 8.57.